The van der Waals surface area contributed by atoms with E-state index in [9.17, 15) is 0 Å². The molecule has 1 aromatic carbocycles. The maximum absolute atomic E-state index is 5.91. The zero-order chi connectivity index (χ0) is 13.8. The van der Waals surface area contributed by atoms with Crippen molar-refractivity contribution >= 4 is 0 Å². The zero-order valence-electron chi connectivity index (χ0n) is 12.4. The Balaban J connectivity index is 1.89. The summed E-state index contributed by atoms with van der Waals surface area (Å²) in [5.74, 6) is 2.62. The molecule has 0 amide bonds. The van der Waals surface area contributed by atoms with E-state index in [1.54, 1.807) is 0 Å². The van der Waals surface area contributed by atoms with Gasteiger partial charge in [-0.05, 0) is 37.8 Å². The molecule has 1 atom stereocenters. The van der Waals surface area contributed by atoms with Gasteiger partial charge < -0.3 is 14.8 Å². The number of fused-ring (bicyclic) bond motifs is 1. The van der Waals surface area contributed by atoms with Gasteiger partial charge in [-0.3, -0.25) is 0 Å². The minimum absolute atomic E-state index is 0.411. The molecule has 1 saturated carbocycles. The predicted molar refractivity (Wildman–Crippen MR) is 80.4 cm³/mol. The van der Waals surface area contributed by atoms with Crippen LogP contribution in [0.2, 0.25) is 0 Å². The van der Waals surface area contributed by atoms with Crippen molar-refractivity contribution < 1.29 is 9.47 Å². The third-order valence-electron chi connectivity index (χ3n) is 4.42. The van der Waals surface area contributed by atoms with Crippen LogP contribution < -0.4 is 14.8 Å². The van der Waals surface area contributed by atoms with E-state index in [1.807, 2.05) is 6.07 Å². The molecular formula is C17H25NO2. The van der Waals surface area contributed by atoms with Crippen molar-refractivity contribution in [3.05, 3.63) is 23.8 Å². The first-order valence-corrected chi connectivity index (χ1v) is 8.02. The average Bonchev–Trinajstić information content (AvgIpc) is 3.02. The van der Waals surface area contributed by atoms with Crippen LogP contribution in [0.4, 0.5) is 0 Å². The minimum Gasteiger partial charge on any atom is -0.486 e. The molecule has 2 aliphatic rings. The largest absolute Gasteiger partial charge is 0.486 e. The molecule has 110 valence electrons. The van der Waals surface area contributed by atoms with Crippen molar-refractivity contribution in [2.45, 2.75) is 45.1 Å². The fourth-order valence-corrected chi connectivity index (χ4v) is 3.46. The first-order chi connectivity index (χ1) is 9.90. The summed E-state index contributed by atoms with van der Waals surface area (Å²) in [6, 6.07) is 6.73. The second-order valence-electron chi connectivity index (χ2n) is 5.85. The highest BCUT2D eigenvalue weighted by molar-refractivity contribution is 5.49. The van der Waals surface area contributed by atoms with Gasteiger partial charge in [0.2, 0.25) is 0 Å². The Hall–Kier alpha value is -1.22. The molecule has 1 unspecified atom stereocenters. The predicted octanol–water partition coefficient (Wildman–Crippen LogP) is 3.69. The molecule has 0 spiro atoms. The van der Waals surface area contributed by atoms with Crippen LogP contribution in [-0.2, 0) is 0 Å². The number of hydrogen-bond donors (Lipinski definition) is 1. The van der Waals surface area contributed by atoms with Crippen molar-refractivity contribution in [2.24, 2.45) is 5.92 Å². The standard InChI is InChI=1S/C17H25NO2/c1-2-10-18-16(13-6-3-4-7-13)14-8-5-9-15-17(14)20-12-11-19-15/h5,8-9,13,16,18H,2-4,6-7,10-12H2,1H3. The second kappa shape index (κ2) is 6.49. The van der Waals surface area contributed by atoms with Crippen molar-refractivity contribution in [2.75, 3.05) is 19.8 Å². The molecule has 1 fully saturated rings. The highest BCUT2D eigenvalue weighted by atomic mass is 16.6. The molecule has 1 N–H and O–H groups in total. The summed E-state index contributed by atoms with van der Waals surface area (Å²) in [6.45, 7) is 4.60. The Labute approximate surface area is 121 Å². The molecular weight excluding hydrogens is 250 g/mol. The summed E-state index contributed by atoms with van der Waals surface area (Å²) in [4.78, 5) is 0. The lowest BCUT2D eigenvalue weighted by molar-refractivity contribution is 0.167. The minimum atomic E-state index is 0.411. The first kappa shape index (κ1) is 13.7. The molecule has 20 heavy (non-hydrogen) atoms. The summed E-state index contributed by atoms with van der Waals surface area (Å²) in [7, 11) is 0. The van der Waals surface area contributed by atoms with Crippen LogP contribution in [0, 0.1) is 5.92 Å². The quantitative estimate of drug-likeness (QED) is 0.889. The zero-order valence-corrected chi connectivity index (χ0v) is 12.4. The van der Waals surface area contributed by atoms with E-state index < -0.39 is 0 Å². The van der Waals surface area contributed by atoms with Gasteiger partial charge in [0, 0.05) is 11.6 Å². The summed E-state index contributed by atoms with van der Waals surface area (Å²) in [6.07, 6.45) is 6.54. The highest BCUT2D eigenvalue weighted by Gasteiger charge is 2.29. The lowest BCUT2D eigenvalue weighted by Gasteiger charge is -2.29. The van der Waals surface area contributed by atoms with Crippen LogP contribution in [-0.4, -0.2) is 19.8 Å². The second-order valence-corrected chi connectivity index (χ2v) is 5.85. The Kier molecular flexibility index (Phi) is 4.46. The van der Waals surface area contributed by atoms with E-state index in [-0.39, 0.29) is 0 Å². The fraction of sp³-hybridized carbons (Fsp3) is 0.647. The average molecular weight is 275 g/mol. The molecule has 0 saturated heterocycles. The number of benzene rings is 1. The molecule has 0 radical (unpaired) electrons. The van der Waals surface area contributed by atoms with Crippen molar-refractivity contribution in [3.63, 3.8) is 0 Å². The number of ether oxygens (including phenoxy) is 2. The molecule has 1 aromatic rings. The van der Waals surface area contributed by atoms with E-state index in [4.69, 9.17) is 9.47 Å². The van der Waals surface area contributed by atoms with Crippen LogP contribution in [0.3, 0.4) is 0 Å². The molecule has 0 bridgehead atoms. The van der Waals surface area contributed by atoms with Gasteiger partial charge in [-0.1, -0.05) is 31.9 Å². The van der Waals surface area contributed by atoms with Crippen molar-refractivity contribution in [1.29, 1.82) is 0 Å². The Bertz CT molecular complexity index is 441. The Morgan fingerprint density at radius 1 is 1.20 bits per heavy atom. The van der Waals surface area contributed by atoms with Gasteiger partial charge in [0.05, 0.1) is 0 Å². The van der Waals surface area contributed by atoms with Crippen LogP contribution >= 0.6 is 0 Å². The number of nitrogens with one attached hydrogen (secondary N) is 1. The Morgan fingerprint density at radius 2 is 2.00 bits per heavy atom. The first-order valence-electron chi connectivity index (χ1n) is 8.02. The maximum Gasteiger partial charge on any atom is 0.166 e. The topological polar surface area (TPSA) is 30.5 Å². The van der Waals surface area contributed by atoms with Gasteiger partial charge in [-0.15, -0.1) is 0 Å². The molecule has 3 rings (SSSR count). The molecule has 3 heteroatoms. The monoisotopic (exact) mass is 275 g/mol. The van der Waals surface area contributed by atoms with Gasteiger partial charge >= 0.3 is 0 Å². The summed E-state index contributed by atoms with van der Waals surface area (Å²) in [5, 5.41) is 3.74. The van der Waals surface area contributed by atoms with E-state index in [1.165, 1.54) is 31.2 Å². The van der Waals surface area contributed by atoms with Crippen LogP contribution in [0.25, 0.3) is 0 Å². The smallest absolute Gasteiger partial charge is 0.166 e. The van der Waals surface area contributed by atoms with Gasteiger partial charge in [0.15, 0.2) is 11.5 Å². The summed E-state index contributed by atoms with van der Waals surface area (Å²) < 4.78 is 11.6. The van der Waals surface area contributed by atoms with Gasteiger partial charge in [-0.2, -0.15) is 0 Å². The van der Waals surface area contributed by atoms with E-state index in [0.29, 0.717) is 19.3 Å². The lowest BCUT2D eigenvalue weighted by atomic mass is 9.90. The van der Waals surface area contributed by atoms with Gasteiger partial charge in [0.25, 0.3) is 0 Å². The van der Waals surface area contributed by atoms with Gasteiger partial charge in [-0.25, -0.2) is 0 Å². The summed E-state index contributed by atoms with van der Waals surface area (Å²) in [5.41, 5.74) is 1.29. The van der Waals surface area contributed by atoms with Gasteiger partial charge in [0.1, 0.15) is 13.2 Å². The molecule has 0 aromatic heterocycles. The fourth-order valence-electron chi connectivity index (χ4n) is 3.46. The normalized spacial score (nSPS) is 20.1. The van der Waals surface area contributed by atoms with E-state index in [0.717, 1.165) is 30.4 Å². The van der Waals surface area contributed by atoms with Crippen molar-refractivity contribution in [1.82, 2.24) is 5.32 Å². The van der Waals surface area contributed by atoms with E-state index in [2.05, 4.69) is 24.4 Å². The van der Waals surface area contributed by atoms with Crippen LogP contribution in [0.15, 0.2) is 18.2 Å². The number of rotatable bonds is 5. The third kappa shape index (κ3) is 2.78. The van der Waals surface area contributed by atoms with Crippen molar-refractivity contribution in [3.8, 4) is 11.5 Å². The van der Waals surface area contributed by atoms with E-state index >= 15 is 0 Å². The SMILES string of the molecule is CCCNC(c1cccc2c1OCCO2)C1CCCC1. The van der Waals surface area contributed by atoms with Crippen LogP contribution in [0.1, 0.15) is 50.6 Å². The lowest BCUT2D eigenvalue weighted by Crippen LogP contribution is -2.29. The highest BCUT2D eigenvalue weighted by Crippen LogP contribution is 2.43. The molecule has 1 aliphatic heterocycles. The molecule has 1 heterocycles. The number of hydrogen-bond acceptors (Lipinski definition) is 3. The van der Waals surface area contributed by atoms with Crippen LogP contribution in [0.5, 0.6) is 11.5 Å². The maximum atomic E-state index is 5.91. The Morgan fingerprint density at radius 3 is 2.80 bits per heavy atom. The molecule has 1 aliphatic carbocycles. The molecule has 3 nitrogen and oxygen atoms in total. The summed E-state index contributed by atoms with van der Waals surface area (Å²) >= 11 is 0. The number of para-hydroxylation sites is 1. The third-order valence-corrected chi connectivity index (χ3v) is 4.42.